The van der Waals surface area contributed by atoms with Crippen LogP contribution >= 0.6 is 0 Å². The van der Waals surface area contributed by atoms with Gasteiger partial charge in [-0.05, 0) is 51.2 Å². The molecule has 0 saturated carbocycles. The molecule has 1 atom stereocenters. The Labute approximate surface area is 124 Å². The Morgan fingerprint density at radius 3 is 2.65 bits per heavy atom. The fourth-order valence-corrected chi connectivity index (χ4v) is 2.41. The molecule has 0 bridgehead atoms. The molecule has 1 aromatic rings. The Morgan fingerprint density at radius 2 is 2.05 bits per heavy atom. The van der Waals surface area contributed by atoms with E-state index in [-0.39, 0.29) is 0 Å². The topological polar surface area (TPSA) is 24.5 Å². The van der Waals surface area contributed by atoms with E-state index in [0.29, 0.717) is 6.04 Å². The molecule has 1 rings (SSSR count). The zero-order valence-electron chi connectivity index (χ0n) is 13.7. The lowest BCUT2D eigenvalue weighted by Gasteiger charge is -2.20. The lowest BCUT2D eigenvalue weighted by Crippen LogP contribution is -2.21. The smallest absolute Gasteiger partial charge is 0.123 e. The summed E-state index contributed by atoms with van der Waals surface area (Å²) in [7, 11) is 3.92. The van der Waals surface area contributed by atoms with Gasteiger partial charge in [-0.15, -0.1) is 0 Å². The average Bonchev–Trinajstić information content (AvgIpc) is 2.45. The first-order chi connectivity index (χ1) is 9.62. The summed E-state index contributed by atoms with van der Waals surface area (Å²) in [5.74, 6) is 0.987. The quantitative estimate of drug-likeness (QED) is 0.747. The van der Waals surface area contributed by atoms with E-state index >= 15 is 0 Å². The Kier molecular flexibility index (Phi) is 7.63. The highest BCUT2D eigenvalue weighted by Gasteiger charge is 2.10. The number of nitrogens with zero attached hydrogens (tertiary/aromatic N) is 1. The van der Waals surface area contributed by atoms with Crippen LogP contribution in [0.1, 0.15) is 50.8 Å². The van der Waals surface area contributed by atoms with Crippen molar-refractivity contribution in [2.45, 2.75) is 46.2 Å². The number of unbranched alkanes of at least 4 members (excludes halogenated alkanes) is 1. The van der Waals surface area contributed by atoms with E-state index in [1.54, 1.807) is 7.11 Å². The van der Waals surface area contributed by atoms with Crippen LogP contribution in [-0.2, 0) is 6.54 Å². The van der Waals surface area contributed by atoms with Crippen LogP contribution in [0.15, 0.2) is 18.2 Å². The van der Waals surface area contributed by atoms with Crippen LogP contribution in [-0.4, -0.2) is 32.1 Å². The number of ether oxygens (including phenoxy) is 1. The molecule has 0 aliphatic carbocycles. The number of hydrogen-bond donors (Lipinski definition) is 1. The molecule has 114 valence electrons. The second-order valence-corrected chi connectivity index (χ2v) is 5.44. The third kappa shape index (κ3) is 5.14. The summed E-state index contributed by atoms with van der Waals surface area (Å²) in [5, 5.41) is 3.46. The van der Waals surface area contributed by atoms with Crippen molar-refractivity contribution >= 4 is 0 Å². The summed E-state index contributed by atoms with van der Waals surface area (Å²) in [4.78, 5) is 2.36. The second kappa shape index (κ2) is 8.98. The maximum absolute atomic E-state index is 5.50. The van der Waals surface area contributed by atoms with Gasteiger partial charge in [0.05, 0.1) is 7.11 Å². The highest BCUT2D eigenvalue weighted by atomic mass is 16.5. The fraction of sp³-hybridized carbons (Fsp3) is 0.647. The second-order valence-electron chi connectivity index (χ2n) is 5.44. The number of methoxy groups -OCH3 is 1. The molecule has 3 heteroatoms. The van der Waals surface area contributed by atoms with Crippen molar-refractivity contribution < 1.29 is 4.74 Å². The van der Waals surface area contributed by atoms with Gasteiger partial charge in [0.2, 0.25) is 0 Å². The third-order valence-corrected chi connectivity index (χ3v) is 3.65. The highest BCUT2D eigenvalue weighted by Crippen LogP contribution is 2.24. The molecular formula is C17H30N2O. The van der Waals surface area contributed by atoms with Crippen LogP contribution < -0.4 is 10.1 Å². The lowest BCUT2D eigenvalue weighted by atomic mass is 10.0. The Bertz CT molecular complexity index is 393. The van der Waals surface area contributed by atoms with Gasteiger partial charge < -0.3 is 15.0 Å². The molecule has 0 spiro atoms. The van der Waals surface area contributed by atoms with Crippen LogP contribution in [0.5, 0.6) is 5.75 Å². The molecule has 0 fully saturated rings. The number of nitrogens with one attached hydrogen (secondary N) is 1. The van der Waals surface area contributed by atoms with Crippen LogP contribution in [0.2, 0.25) is 0 Å². The lowest BCUT2D eigenvalue weighted by molar-refractivity contribution is 0.312. The van der Waals surface area contributed by atoms with Gasteiger partial charge >= 0.3 is 0 Å². The summed E-state index contributed by atoms with van der Waals surface area (Å²) in [6.45, 7) is 9.63. The van der Waals surface area contributed by atoms with Crippen molar-refractivity contribution in [3.63, 3.8) is 0 Å². The van der Waals surface area contributed by atoms with E-state index in [1.807, 2.05) is 0 Å². The third-order valence-electron chi connectivity index (χ3n) is 3.65. The predicted octanol–water partition coefficient (Wildman–Crippen LogP) is 3.60. The highest BCUT2D eigenvalue weighted by molar-refractivity contribution is 5.38. The van der Waals surface area contributed by atoms with E-state index in [0.717, 1.165) is 25.4 Å². The molecule has 0 amide bonds. The van der Waals surface area contributed by atoms with E-state index < -0.39 is 0 Å². The van der Waals surface area contributed by atoms with Crippen molar-refractivity contribution in [1.82, 2.24) is 10.2 Å². The van der Waals surface area contributed by atoms with Gasteiger partial charge in [0.1, 0.15) is 5.75 Å². The van der Waals surface area contributed by atoms with Crippen LogP contribution in [0.3, 0.4) is 0 Å². The standard InChI is InChI=1S/C17H30N2O/c1-6-8-11-19(4)13-16-12-15(14(3)18-7-2)9-10-17(16)20-5/h9-10,12,14,18H,6-8,11,13H2,1-5H3. The molecule has 0 radical (unpaired) electrons. The molecule has 3 nitrogen and oxygen atoms in total. The first-order valence-corrected chi connectivity index (χ1v) is 7.71. The van der Waals surface area contributed by atoms with Gasteiger partial charge in [-0.1, -0.05) is 26.3 Å². The minimum Gasteiger partial charge on any atom is -0.496 e. The first kappa shape index (κ1) is 17.0. The molecule has 0 aliphatic heterocycles. The first-order valence-electron chi connectivity index (χ1n) is 7.71. The molecular weight excluding hydrogens is 248 g/mol. The molecule has 0 heterocycles. The Hall–Kier alpha value is -1.06. The molecule has 0 saturated heterocycles. The SMILES string of the molecule is CCCCN(C)Cc1cc(C(C)NCC)ccc1OC. The van der Waals surface area contributed by atoms with Crippen molar-refractivity contribution in [3.05, 3.63) is 29.3 Å². The zero-order valence-corrected chi connectivity index (χ0v) is 13.7. The Balaban J connectivity index is 2.82. The van der Waals surface area contributed by atoms with Crippen molar-refractivity contribution in [2.75, 3.05) is 27.2 Å². The molecule has 1 aromatic carbocycles. The normalized spacial score (nSPS) is 12.7. The summed E-state index contributed by atoms with van der Waals surface area (Å²) < 4.78 is 5.50. The van der Waals surface area contributed by atoms with Crippen molar-refractivity contribution in [2.24, 2.45) is 0 Å². The number of rotatable bonds is 9. The van der Waals surface area contributed by atoms with Crippen LogP contribution in [0.4, 0.5) is 0 Å². The minimum absolute atomic E-state index is 0.380. The molecule has 0 aromatic heterocycles. The summed E-state index contributed by atoms with van der Waals surface area (Å²) in [6.07, 6.45) is 2.48. The van der Waals surface area contributed by atoms with E-state index in [1.165, 1.54) is 24.0 Å². The minimum atomic E-state index is 0.380. The molecule has 1 N–H and O–H groups in total. The van der Waals surface area contributed by atoms with Gasteiger partial charge in [-0.3, -0.25) is 0 Å². The van der Waals surface area contributed by atoms with Gasteiger partial charge in [-0.2, -0.15) is 0 Å². The predicted molar refractivity (Wildman–Crippen MR) is 86.3 cm³/mol. The van der Waals surface area contributed by atoms with Crippen molar-refractivity contribution in [3.8, 4) is 5.75 Å². The number of benzene rings is 1. The van der Waals surface area contributed by atoms with Crippen LogP contribution in [0, 0.1) is 0 Å². The van der Waals surface area contributed by atoms with Gasteiger partial charge in [0.15, 0.2) is 0 Å². The summed E-state index contributed by atoms with van der Waals surface area (Å²) >= 11 is 0. The van der Waals surface area contributed by atoms with E-state index in [2.05, 4.69) is 56.2 Å². The largest absolute Gasteiger partial charge is 0.496 e. The monoisotopic (exact) mass is 278 g/mol. The van der Waals surface area contributed by atoms with E-state index in [9.17, 15) is 0 Å². The Morgan fingerprint density at radius 1 is 1.30 bits per heavy atom. The van der Waals surface area contributed by atoms with E-state index in [4.69, 9.17) is 4.74 Å². The molecule has 0 aliphatic rings. The number of hydrogen-bond acceptors (Lipinski definition) is 3. The van der Waals surface area contributed by atoms with Crippen molar-refractivity contribution in [1.29, 1.82) is 0 Å². The molecule has 20 heavy (non-hydrogen) atoms. The summed E-state index contributed by atoms with van der Waals surface area (Å²) in [5.41, 5.74) is 2.60. The average molecular weight is 278 g/mol. The van der Waals surface area contributed by atoms with Gasteiger partial charge in [-0.25, -0.2) is 0 Å². The fourth-order valence-electron chi connectivity index (χ4n) is 2.41. The zero-order chi connectivity index (χ0) is 15.0. The van der Waals surface area contributed by atoms with Gasteiger partial charge in [0.25, 0.3) is 0 Å². The molecule has 1 unspecified atom stereocenters. The maximum atomic E-state index is 5.50. The maximum Gasteiger partial charge on any atom is 0.123 e. The summed E-state index contributed by atoms with van der Waals surface area (Å²) in [6, 6.07) is 6.90. The van der Waals surface area contributed by atoms with Crippen LogP contribution in [0.25, 0.3) is 0 Å². The van der Waals surface area contributed by atoms with Gasteiger partial charge in [0, 0.05) is 18.2 Å².